The minimum atomic E-state index is -0.148. The first-order valence-corrected chi connectivity index (χ1v) is 8.18. The number of nitrogens with one attached hydrogen (secondary N) is 1. The molecule has 1 aliphatic rings. The molecule has 0 unspecified atom stereocenters. The number of hydrogen-bond acceptors (Lipinski definition) is 4. The summed E-state index contributed by atoms with van der Waals surface area (Å²) < 4.78 is 10.6. The van der Waals surface area contributed by atoms with Crippen LogP contribution in [0.5, 0.6) is 5.75 Å². The van der Waals surface area contributed by atoms with Gasteiger partial charge in [0.05, 0.1) is 19.3 Å². The predicted molar refractivity (Wildman–Crippen MR) is 101 cm³/mol. The topological polar surface area (TPSA) is 50.8 Å². The van der Waals surface area contributed by atoms with E-state index in [1.54, 1.807) is 19.1 Å². The Morgan fingerprint density at radius 2 is 1.92 bits per heavy atom. The molecule has 5 nitrogen and oxygen atoms in total. The number of likely N-dealkylation sites (N-methyl/N-ethyl adjacent to an activating group) is 1. The zero-order valence-corrected chi connectivity index (χ0v) is 15.6. The summed E-state index contributed by atoms with van der Waals surface area (Å²) >= 11 is 0. The molecule has 1 N–H and O–H groups in total. The molecule has 0 radical (unpaired) electrons. The van der Waals surface area contributed by atoms with E-state index in [2.05, 4.69) is 23.5 Å². The second-order valence-corrected chi connectivity index (χ2v) is 6.30. The van der Waals surface area contributed by atoms with Crippen LogP contribution in [-0.4, -0.2) is 50.8 Å². The number of halogens is 1. The lowest BCUT2D eigenvalue weighted by Crippen LogP contribution is -2.41. The fraction of sp³-hybridized carbons (Fsp3) is 0.421. The zero-order valence-electron chi connectivity index (χ0n) is 14.8. The van der Waals surface area contributed by atoms with E-state index in [1.165, 1.54) is 0 Å². The number of methoxy groups -OCH3 is 2. The number of amides is 1. The SMILES string of the molecule is COc1ccc2cc(CN(C)C(=O)[C@@H]3C[C@H](OC)CN3)ccc2c1.Cl. The smallest absolute Gasteiger partial charge is 0.239 e. The van der Waals surface area contributed by atoms with E-state index < -0.39 is 0 Å². The van der Waals surface area contributed by atoms with Gasteiger partial charge in [-0.2, -0.15) is 0 Å². The molecule has 0 aromatic heterocycles. The van der Waals surface area contributed by atoms with Gasteiger partial charge in [0.25, 0.3) is 0 Å². The molecule has 0 spiro atoms. The van der Waals surface area contributed by atoms with Crippen molar-refractivity contribution in [1.29, 1.82) is 0 Å². The van der Waals surface area contributed by atoms with Gasteiger partial charge in [-0.3, -0.25) is 4.79 Å². The number of carbonyl (C=O) groups is 1. The van der Waals surface area contributed by atoms with Crippen molar-refractivity contribution in [2.24, 2.45) is 0 Å². The fourth-order valence-corrected chi connectivity index (χ4v) is 3.19. The summed E-state index contributed by atoms with van der Waals surface area (Å²) in [5.41, 5.74) is 1.12. The molecule has 6 heteroatoms. The highest BCUT2D eigenvalue weighted by atomic mass is 35.5. The maximum absolute atomic E-state index is 12.5. The maximum Gasteiger partial charge on any atom is 0.239 e. The first-order chi connectivity index (χ1) is 11.6. The molecular weight excluding hydrogens is 340 g/mol. The van der Waals surface area contributed by atoms with Gasteiger partial charge < -0.3 is 19.7 Å². The molecule has 1 aliphatic heterocycles. The van der Waals surface area contributed by atoms with Gasteiger partial charge in [-0.25, -0.2) is 0 Å². The van der Waals surface area contributed by atoms with Crippen molar-refractivity contribution < 1.29 is 14.3 Å². The molecule has 1 saturated heterocycles. The van der Waals surface area contributed by atoms with E-state index in [4.69, 9.17) is 9.47 Å². The van der Waals surface area contributed by atoms with Crippen LogP contribution in [0.1, 0.15) is 12.0 Å². The molecule has 0 saturated carbocycles. The van der Waals surface area contributed by atoms with Gasteiger partial charge in [-0.1, -0.05) is 18.2 Å². The Morgan fingerprint density at radius 3 is 2.60 bits per heavy atom. The zero-order chi connectivity index (χ0) is 17.1. The van der Waals surface area contributed by atoms with E-state index in [0.29, 0.717) is 6.54 Å². The number of ether oxygens (including phenoxy) is 2. The fourth-order valence-electron chi connectivity index (χ4n) is 3.19. The number of carbonyl (C=O) groups excluding carboxylic acids is 1. The molecule has 136 valence electrons. The van der Waals surface area contributed by atoms with Gasteiger partial charge >= 0.3 is 0 Å². The van der Waals surface area contributed by atoms with Gasteiger partial charge in [0.15, 0.2) is 0 Å². The number of rotatable bonds is 5. The third-order valence-electron chi connectivity index (χ3n) is 4.63. The monoisotopic (exact) mass is 364 g/mol. The van der Waals surface area contributed by atoms with Crippen LogP contribution >= 0.6 is 12.4 Å². The summed E-state index contributed by atoms with van der Waals surface area (Å²) in [7, 11) is 5.21. The summed E-state index contributed by atoms with van der Waals surface area (Å²) in [5, 5.41) is 5.51. The Bertz CT molecular complexity index is 738. The van der Waals surface area contributed by atoms with Crippen molar-refractivity contribution in [1.82, 2.24) is 10.2 Å². The van der Waals surface area contributed by atoms with Gasteiger partial charge in [0.1, 0.15) is 5.75 Å². The summed E-state index contributed by atoms with van der Waals surface area (Å²) in [6.45, 7) is 1.33. The van der Waals surface area contributed by atoms with Crippen LogP contribution in [0.2, 0.25) is 0 Å². The van der Waals surface area contributed by atoms with E-state index in [0.717, 1.165) is 35.1 Å². The van der Waals surface area contributed by atoms with Crippen LogP contribution in [0.3, 0.4) is 0 Å². The second kappa shape index (κ2) is 8.52. The van der Waals surface area contributed by atoms with E-state index in [1.807, 2.05) is 25.2 Å². The van der Waals surface area contributed by atoms with E-state index in [-0.39, 0.29) is 30.5 Å². The van der Waals surface area contributed by atoms with Gasteiger partial charge in [0.2, 0.25) is 5.91 Å². The van der Waals surface area contributed by atoms with Crippen LogP contribution in [0.25, 0.3) is 10.8 Å². The Hall–Kier alpha value is -1.82. The quantitative estimate of drug-likeness (QED) is 0.886. The lowest BCUT2D eigenvalue weighted by atomic mass is 10.1. The summed E-state index contributed by atoms with van der Waals surface area (Å²) in [4.78, 5) is 14.3. The number of benzene rings is 2. The van der Waals surface area contributed by atoms with Crippen molar-refractivity contribution in [2.45, 2.75) is 25.1 Å². The average Bonchev–Trinajstić information content (AvgIpc) is 3.09. The molecule has 3 rings (SSSR count). The predicted octanol–water partition coefficient (Wildman–Crippen LogP) is 2.61. The summed E-state index contributed by atoms with van der Waals surface area (Å²) in [5.74, 6) is 0.965. The summed E-state index contributed by atoms with van der Waals surface area (Å²) in [6.07, 6.45) is 0.861. The third kappa shape index (κ3) is 4.42. The maximum atomic E-state index is 12.5. The van der Waals surface area contributed by atoms with Crippen molar-refractivity contribution >= 4 is 29.1 Å². The Labute approximate surface area is 154 Å². The molecule has 2 atom stereocenters. The molecular formula is C19H25ClN2O3. The second-order valence-electron chi connectivity index (χ2n) is 6.30. The standard InChI is InChI=1S/C19H24N2O3.ClH/c1-21(19(22)18-10-17(24-3)11-20-18)12-13-4-5-15-9-16(23-2)7-6-14(15)8-13;/h4-9,17-18,20H,10-12H2,1-3H3;1H/t17-,18-;/m0./s1. The highest BCUT2D eigenvalue weighted by Crippen LogP contribution is 2.22. The van der Waals surface area contributed by atoms with Crippen molar-refractivity contribution in [2.75, 3.05) is 27.8 Å². The molecule has 2 aromatic carbocycles. The lowest BCUT2D eigenvalue weighted by Gasteiger charge is -2.21. The van der Waals surface area contributed by atoms with Crippen LogP contribution in [0.4, 0.5) is 0 Å². The summed E-state index contributed by atoms with van der Waals surface area (Å²) in [6, 6.07) is 12.1. The van der Waals surface area contributed by atoms with Crippen molar-refractivity contribution in [3.05, 3.63) is 42.0 Å². The molecule has 2 aromatic rings. The Balaban J connectivity index is 0.00000225. The molecule has 1 heterocycles. The lowest BCUT2D eigenvalue weighted by molar-refractivity contribution is -0.132. The average molecular weight is 365 g/mol. The van der Waals surface area contributed by atoms with E-state index >= 15 is 0 Å². The normalized spacial score (nSPS) is 19.5. The third-order valence-corrected chi connectivity index (χ3v) is 4.63. The van der Waals surface area contributed by atoms with Crippen LogP contribution < -0.4 is 10.1 Å². The number of hydrogen-bond donors (Lipinski definition) is 1. The van der Waals surface area contributed by atoms with Crippen LogP contribution in [0.15, 0.2) is 36.4 Å². The first kappa shape index (κ1) is 19.5. The molecule has 0 bridgehead atoms. The van der Waals surface area contributed by atoms with Gasteiger partial charge in [-0.05, 0) is 41.0 Å². The molecule has 1 fully saturated rings. The molecule has 1 amide bonds. The largest absolute Gasteiger partial charge is 0.497 e. The highest BCUT2D eigenvalue weighted by molar-refractivity contribution is 5.86. The van der Waals surface area contributed by atoms with Crippen LogP contribution in [0, 0.1) is 0 Å². The van der Waals surface area contributed by atoms with Gasteiger partial charge in [-0.15, -0.1) is 12.4 Å². The Kier molecular flexibility index (Phi) is 6.64. The van der Waals surface area contributed by atoms with Gasteiger partial charge in [0, 0.05) is 27.2 Å². The van der Waals surface area contributed by atoms with Crippen LogP contribution in [-0.2, 0) is 16.1 Å². The molecule has 25 heavy (non-hydrogen) atoms. The Morgan fingerprint density at radius 1 is 1.20 bits per heavy atom. The highest BCUT2D eigenvalue weighted by Gasteiger charge is 2.31. The van der Waals surface area contributed by atoms with Crippen molar-refractivity contribution in [3.8, 4) is 5.75 Å². The van der Waals surface area contributed by atoms with E-state index in [9.17, 15) is 4.79 Å². The number of nitrogens with zero attached hydrogens (tertiary/aromatic N) is 1. The molecule has 0 aliphatic carbocycles. The number of fused-ring (bicyclic) bond motifs is 1. The van der Waals surface area contributed by atoms with Crippen molar-refractivity contribution in [3.63, 3.8) is 0 Å². The minimum absolute atomic E-state index is 0. The minimum Gasteiger partial charge on any atom is -0.497 e. The first-order valence-electron chi connectivity index (χ1n) is 8.18.